The van der Waals surface area contributed by atoms with Crippen LogP contribution in [0, 0.1) is 10.1 Å². The molecule has 2 aromatic rings. The number of amides is 1. The van der Waals surface area contributed by atoms with E-state index in [1.807, 2.05) is 0 Å². The highest BCUT2D eigenvalue weighted by Gasteiger charge is 2.18. The van der Waals surface area contributed by atoms with Gasteiger partial charge in [0.25, 0.3) is 11.6 Å². The quantitative estimate of drug-likeness (QED) is 0.469. The van der Waals surface area contributed by atoms with Crippen molar-refractivity contribution < 1.29 is 19.2 Å². The van der Waals surface area contributed by atoms with Crippen molar-refractivity contribution in [3.63, 3.8) is 0 Å². The molecule has 0 aliphatic heterocycles. The Morgan fingerprint density at radius 2 is 1.80 bits per heavy atom. The van der Waals surface area contributed by atoms with Gasteiger partial charge in [-0.15, -0.1) is 0 Å². The fourth-order valence-corrected chi connectivity index (χ4v) is 2.17. The summed E-state index contributed by atoms with van der Waals surface area (Å²) >= 11 is 11.6. The molecule has 1 amide bonds. The van der Waals surface area contributed by atoms with Gasteiger partial charge in [-0.05, 0) is 23.8 Å². The molecule has 0 saturated carbocycles. The summed E-state index contributed by atoms with van der Waals surface area (Å²) in [6.07, 6.45) is 0. The van der Waals surface area contributed by atoms with E-state index in [0.717, 1.165) is 17.7 Å². The van der Waals surface area contributed by atoms with Gasteiger partial charge in [-0.2, -0.15) is 0 Å². The van der Waals surface area contributed by atoms with Crippen LogP contribution in [-0.4, -0.2) is 23.4 Å². The van der Waals surface area contributed by atoms with E-state index in [0.29, 0.717) is 5.02 Å². The third-order valence-corrected chi connectivity index (χ3v) is 3.70. The highest BCUT2D eigenvalue weighted by Crippen LogP contribution is 2.22. The van der Waals surface area contributed by atoms with Crippen molar-refractivity contribution in [2.24, 2.45) is 0 Å². The summed E-state index contributed by atoms with van der Waals surface area (Å²) in [4.78, 5) is 33.7. The average Bonchev–Trinajstić information content (AvgIpc) is 2.59. The molecule has 2 rings (SSSR count). The molecule has 0 atom stereocenters. The molecule has 0 unspecified atom stereocenters. The van der Waals surface area contributed by atoms with Crippen LogP contribution in [0.15, 0.2) is 42.5 Å². The monoisotopic (exact) mass is 382 g/mol. The predicted octanol–water partition coefficient (Wildman–Crippen LogP) is 3.37. The number of carbonyl (C=O) groups excluding carboxylic acids is 2. The Hall–Kier alpha value is -2.64. The number of nitro groups is 1. The molecule has 0 aromatic heterocycles. The summed E-state index contributed by atoms with van der Waals surface area (Å²) in [5, 5.41) is 13.9. The van der Waals surface area contributed by atoms with E-state index in [1.54, 1.807) is 24.3 Å². The van der Waals surface area contributed by atoms with Gasteiger partial charge in [0, 0.05) is 23.7 Å². The summed E-state index contributed by atoms with van der Waals surface area (Å²) < 4.78 is 4.83. The molecule has 1 N–H and O–H groups in total. The Balaban J connectivity index is 1.89. The SMILES string of the molecule is O=C(COC(=O)c1cc([N+](=O)[O-])ccc1Cl)NCc1ccc(Cl)cc1. The van der Waals surface area contributed by atoms with E-state index in [9.17, 15) is 19.7 Å². The molecule has 0 spiro atoms. The number of nitrogens with zero attached hydrogens (tertiary/aromatic N) is 1. The number of halogens is 2. The maximum absolute atomic E-state index is 11.9. The zero-order chi connectivity index (χ0) is 18.4. The molecule has 0 bridgehead atoms. The molecular formula is C16H12Cl2N2O5. The molecule has 7 nitrogen and oxygen atoms in total. The molecule has 0 heterocycles. The van der Waals surface area contributed by atoms with Gasteiger partial charge in [0.05, 0.1) is 15.5 Å². The first-order valence-corrected chi connectivity index (χ1v) is 7.74. The lowest BCUT2D eigenvalue weighted by atomic mass is 10.2. The number of carbonyl (C=O) groups is 2. The minimum absolute atomic E-state index is 0.00262. The Labute approximate surface area is 152 Å². The van der Waals surface area contributed by atoms with Crippen LogP contribution >= 0.6 is 23.2 Å². The molecule has 130 valence electrons. The fraction of sp³-hybridized carbons (Fsp3) is 0.125. The normalized spacial score (nSPS) is 10.2. The number of benzene rings is 2. The first-order chi connectivity index (χ1) is 11.9. The minimum atomic E-state index is -0.921. The van der Waals surface area contributed by atoms with Crippen molar-refractivity contribution in [1.29, 1.82) is 0 Å². The number of ether oxygens (including phenoxy) is 1. The van der Waals surface area contributed by atoms with E-state index in [2.05, 4.69) is 5.32 Å². The topological polar surface area (TPSA) is 98.5 Å². The summed E-state index contributed by atoms with van der Waals surface area (Å²) in [7, 11) is 0. The number of rotatable bonds is 6. The molecule has 0 aliphatic carbocycles. The lowest BCUT2D eigenvalue weighted by molar-refractivity contribution is -0.384. The van der Waals surface area contributed by atoms with Crippen molar-refractivity contribution >= 4 is 40.8 Å². The van der Waals surface area contributed by atoms with Crippen LogP contribution < -0.4 is 5.32 Å². The van der Waals surface area contributed by atoms with Gasteiger partial charge in [-0.1, -0.05) is 35.3 Å². The van der Waals surface area contributed by atoms with E-state index < -0.39 is 23.4 Å². The third-order valence-electron chi connectivity index (χ3n) is 3.12. The number of nitro benzene ring substituents is 1. The Morgan fingerprint density at radius 1 is 1.12 bits per heavy atom. The molecule has 0 saturated heterocycles. The van der Waals surface area contributed by atoms with Gasteiger partial charge in [0.15, 0.2) is 6.61 Å². The van der Waals surface area contributed by atoms with E-state index in [4.69, 9.17) is 27.9 Å². The molecule has 2 aromatic carbocycles. The lowest BCUT2D eigenvalue weighted by Gasteiger charge is -2.08. The maximum Gasteiger partial charge on any atom is 0.340 e. The summed E-state index contributed by atoms with van der Waals surface area (Å²) in [5.41, 5.74) is 0.343. The zero-order valence-electron chi connectivity index (χ0n) is 12.7. The van der Waals surface area contributed by atoms with Gasteiger partial charge in [0.2, 0.25) is 0 Å². The van der Waals surface area contributed by atoms with Crippen LogP contribution in [0.3, 0.4) is 0 Å². The second kappa shape index (κ2) is 8.46. The van der Waals surface area contributed by atoms with Gasteiger partial charge >= 0.3 is 5.97 Å². The predicted molar refractivity (Wildman–Crippen MR) is 91.7 cm³/mol. The average molecular weight is 383 g/mol. The number of nitrogens with one attached hydrogen (secondary N) is 1. The molecule has 0 aliphatic rings. The first kappa shape index (κ1) is 18.7. The van der Waals surface area contributed by atoms with Gasteiger partial charge in [-0.3, -0.25) is 14.9 Å². The van der Waals surface area contributed by atoms with Crippen LogP contribution in [0.1, 0.15) is 15.9 Å². The third kappa shape index (κ3) is 5.44. The highest BCUT2D eigenvalue weighted by atomic mass is 35.5. The second-order valence-electron chi connectivity index (χ2n) is 4.90. The minimum Gasteiger partial charge on any atom is -0.452 e. The van der Waals surface area contributed by atoms with Crippen LogP contribution in [0.25, 0.3) is 0 Å². The Morgan fingerprint density at radius 3 is 2.44 bits per heavy atom. The van der Waals surface area contributed by atoms with Crippen molar-refractivity contribution in [2.45, 2.75) is 6.54 Å². The van der Waals surface area contributed by atoms with Crippen molar-refractivity contribution in [3.05, 3.63) is 73.8 Å². The summed E-state index contributed by atoms with van der Waals surface area (Å²) in [6.45, 7) is -0.295. The fourth-order valence-electron chi connectivity index (χ4n) is 1.85. The van der Waals surface area contributed by atoms with Crippen LogP contribution in [0.4, 0.5) is 5.69 Å². The second-order valence-corrected chi connectivity index (χ2v) is 5.74. The van der Waals surface area contributed by atoms with E-state index >= 15 is 0 Å². The largest absolute Gasteiger partial charge is 0.452 e. The molecule has 0 fully saturated rings. The molecule has 0 radical (unpaired) electrons. The van der Waals surface area contributed by atoms with E-state index in [1.165, 1.54) is 6.07 Å². The van der Waals surface area contributed by atoms with Crippen LogP contribution in [0.2, 0.25) is 10.0 Å². The van der Waals surface area contributed by atoms with Crippen LogP contribution in [0.5, 0.6) is 0 Å². The molecule has 25 heavy (non-hydrogen) atoms. The summed E-state index contributed by atoms with van der Waals surface area (Å²) in [5.74, 6) is -1.44. The number of non-ortho nitro benzene ring substituents is 1. The maximum atomic E-state index is 11.9. The molecular weight excluding hydrogens is 371 g/mol. The van der Waals surface area contributed by atoms with Crippen molar-refractivity contribution in [3.8, 4) is 0 Å². The Kier molecular flexibility index (Phi) is 6.32. The zero-order valence-corrected chi connectivity index (χ0v) is 14.2. The van der Waals surface area contributed by atoms with Gasteiger partial charge in [0.1, 0.15) is 0 Å². The summed E-state index contributed by atoms with van der Waals surface area (Å²) in [6, 6.07) is 10.3. The van der Waals surface area contributed by atoms with E-state index in [-0.39, 0.29) is 22.8 Å². The van der Waals surface area contributed by atoms with Crippen LogP contribution in [-0.2, 0) is 16.1 Å². The Bertz CT molecular complexity index is 809. The smallest absolute Gasteiger partial charge is 0.340 e. The van der Waals surface area contributed by atoms with Crippen molar-refractivity contribution in [1.82, 2.24) is 5.32 Å². The standard InChI is InChI=1S/C16H12Cl2N2O5/c17-11-3-1-10(2-4-11)8-19-15(21)9-25-16(22)13-7-12(20(23)24)5-6-14(13)18/h1-7H,8-9H2,(H,19,21). The van der Waals surface area contributed by atoms with Gasteiger partial charge in [-0.25, -0.2) is 4.79 Å². The lowest BCUT2D eigenvalue weighted by Crippen LogP contribution is -2.28. The van der Waals surface area contributed by atoms with Gasteiger partial charge < -0.3 is 10.1 Å². The number of esters is 1. The first-order valence-electron chi connectivity index (χ1n) is 6.99. The number of hydrogen-bond acceptors (Lipinski definition) is 5. The number of hydrogen-bond donors (Lipinski definition) is 1. The highest BCUT2D eigenvalue weighted by molar-refractivity contribution is 6.33. The molecule has 9 heteroatoms. The van der Waals surface area contributed by atoms with Crippen molar-refractivity contribution in [2.75, 3.05) is 6.61 Å².